The number of hydrogen-bond donors (Lipinski definition) is 5. The van der Waals surface area contributed by atoms with E-state index in [1.807, 2.05) is 19.9 Å². The SMILES string of the molecule is CCNC(=O)[C@H]1C[C@@H](Nc2nc(NC3CCC3)nc(C)c2-c2nc3cnccc3s2)[C@H](O)[C@@H]1O.Cl. The minimum absolute atomic E-state index is 0. The van der Waals surface area contributed by atoms with Gasteiger partial charge in [-0.3, -0.25) is 9.78 Å². The highest BCUT2D eigenvalue weighted by Gasteiger charge is 2.45. The van der Waals surface area contributed by atoms with Crippen LogP contribution in [0.15, 0.2) is 18.5 Å². The molecular formula is C23H30ClN7O3S. The molecule has 4 atom stereocenters. The third-order valence-corrected chi connectivity index (χ3v) is 7.68. The molecule has 2 aliphatic rings. The van der Waals surface area contributed by atoms with Crippen LogP contribution in [-0.2, 0) is 4.79 Å². The Kier molecular flexibility index (Phi) is 7.70. The predicted octanol–water partition coefficient (Wildman–Crippen LogP) is 2.50. The largest absolute Gasteiger partial charge is 0.390 e. The van der Waals surface area contributed by atoms with E-state index in [9.17, 15) is 15.0 Å². The number of aromatic nitrogens is 4. The van der Waals surface area contributed by atoms with E-state index in [2.05, 4.69) is 20.9 Å². The predicted molar refractivity (Wildman–Crippen MR) is 138 cm³/mol. The average Bonchev–Trinajstić information content (AvgIpc) is 3.32. The second kappa shape index (κ2) is 10.6. The molecule has 2 saturated carbocycles. The normalized spacial score (nSPS) is 24.0. The lowest BCUT2D eigenvalue weighted by Crippen LogP contribution is -2.39. The molecule has 188 valence electrons. The molecule has 0 radical (unpaired) electrons. The first-order valence-corrected chi connectivity index (χ1v) is 12.5. The van der Waals surface area contributed by atoms with Gasteiger partial charge in [-0.25, -0.2) is 9.97 Å². The van der Waals surface area contributed by atoms with E-state index in [1.165, 1.54) is 17.8 Å². The number of anilines is 2. The van der Waals surface area contributed by atoms with Gasteiger partial charge < -0.3 is 26.2 Å². The van der Waals surface area contributed by atoms with Crippen molar-refractivity contribution in [2.45, 2.75) is 63.8 Å². The van der Waals surface area contributed by atoms with Crippen LogP contribution in [0.3, 0.4) is 0 Å². The minimum Gasteiger partial charge on any atom is -0.390 e. The van der Waals surface area contributed by atoms with Crippen molar-refractivity contribution in [2.75, 3.05) is 17.2 Å². The van der Waals surface area contributed by atoms with E-state index in [4.69, 9.17) is 15.0 Å². The van der Waals surface area contributed by atoms with Crippen molar-refractivity contribution < 1.29 is 15.0 Å². The van der Waals surface area contributed by atoms with Gasteiger partial charge in [0.05, 0.1) is 40.2 Å². The second-order valence-corrected chi connectivity index (χ2v) is 9.99. The van der Waals surface area contributed by atoms with Gasteiger partial charge >= 0.3 is 0 Å². The Labute approximate surface area is 213 Å². The molecule has 1 amide bonds. The lowest BCUT2D eigenvalue weighted by Gasteiger charge is -2.27. The van der Waals surface area contributed by atoms with Crippen LogP contribution in [0.5, 0.6) is 0 Å². The van der Waals surface area contributed by atoms with Crippen LogP contribution < -0.4 is 16.0 Å². The van der Waals surface area contributed by atoms with Crippen molar-refractivity contribution in [3.05, 3.63) is 24.2 Å². The topological polar surface area (TPSA) is 145 Å². The number of thiazole rings is 1. The van der Waals surface area contributed by atoms with Gasteiger partial charge in [0.25, 0.3) is 0 Å². The summed E-state index contributed by atoms with van der Waals surface area (Å²) in [4.78, 5) is 30.7. The van der Waals surface area contributed by atoms with Crippen LogP contribution in [0.2, 0.25) is 0 Å². The zero-order chi connectivity index (χ0) is 23.8. The second-order valence-electron chi connectivity index (χ2n) is 8.96. The van der Waals surface area contributed by atoms with E-state index in [0.29, 0.717) is 24.4 Å². The van der Waals surface area contributed by atoms with Gasteiger partial charge in [0.2, 0.25) is 11.9 Å². The summed E-state index contributed by atoms with van der Waals surface area (Å²) in [6.07, 6.45) is 4.82. The summed E-state index contributed by atoms with van der Waals surface area (Å²) in [5.41, 5.74) is 2.28. The van der Waals surface area contributed by atoms with Gasteiger partial charge in [-0.15, -0.1) is 23.7 Å². The number of hydrogen-bond acceptors (Lipinski definition) is 10. The summed E-state index contributed by atoms with van der Waals surface area (Å²) < 4.78 is 1.000. The molecule has 0 aromatic carbocycles. The maximum absolute atomic E-state index is 12.4. The molecule has 12 heteroatoms. The Bertz CT molecular complexity index is 1170. The summed E-state index contributed by atoms with van der Waals surface area (Å²) in [6, 6.07) is 1.72. The van der Waals surface area contributed by atoms with Crippen molar-refractivity contribution in [3.63, 3.8) is 0 Å². The van der Waals surface area contributed by atoms with Gasteiger partial charge in [0.15, 0.2) is 0 Å². The molecule has 2 fully saturated rings. The molecule has 0 spiro atoms. The van der Waals surface area contributed by atoms with Crippen molar-refractivity contribution in [1.29, 1.82) is 0 Å². The summed E-state index contributed by atoms with van der Waals surface area (Å²) in [5, 5.41) is 31.5. The van der Waals surface area contributed by atoms with Gasteiger partial charge in [-0.2, -0.15) is 4.98 Å². The fourth-order valence-electron chi connectivity index (χ4n) is 4.54. The molecular weight excluding hydrogens is 490 g/mol. The molecule has 5 rings (SSSR count). The molecule has 0 bridgehead atoms. The minimum atomic E-state index is -1.16. The van der Waals surface area contributed by atoms with E-state index < -0.39 is 24.2 Å². The number of amides is 1. The van der Waals surface area contributed by atoms with Gasteiger partial charge in [-0.05, 0) is 45.6 Å². The number of pyridine rings is 1. The zero-order valence-electron chi connectivity index (χ0n) is 19.6. The summed E-state index contributed by atoms with van der Waals surface area (Å²) in [7, 11) is 0. The number of rotatable bonds is 7. The maximum Gasteiger partial charge on any atom is 0.225 e. The van der Waals surface area contributed by atoms with E-state index in [0.717, 1.165) is 39.3 Å². The first-order chi connectivity index (χ1) is 16.4. The molecule has 3 aromatic heterocycles. The highest BCUT2D eigenvalue weighted by atomic mass is 35.5. The number of aryl methyl sites for hydroxylation is 1. The molecule has 5 N–H and O–H groups in total. The summed E-state index contributed by atoms with van der Waals surface area (Å²) >= 11 is 1.52. The number of nitrogens with one attached hydrogen (secondary N) is 3. The quantitative estimate of drug-likeness (QED) is 0.318. The lowest BCUT2D eigenvalue weighted by atomic mass is 9.93. The molecule has 0 unspecified atom stereocenters. The fraction of sp³-hybridized carbons (Fsp3) is 0.522. The van der Waals surface area contributed by atoms with E-state index >= 15 is 0 Å². The van der Waals surface area contributed by atoms with Crippen LogP contribution >= 0.6 is 23.7 Å². The summed E-state index contributed by atoms with van der Waals surface area (Å²) in [5.74, 6) is 0.0852. The van der Waals surface area contributed by atoms with Gasteiger partial charge in [0, 0.05) is 18.8 Å². The van der Waals surface area contributed by atoms with Crippen molar-refractivity contribution in [3.8, 4) is 10.6 Å². The Morgan fingerprint density at radius 3 is 2.66 bits per heavy atom. The van der Waals surface area contributed by atoms with E-state index in [1.54, 1.807) is 12.4 Å². The van der Waals surface area contributed by atoms with Crippen LogP contribution in [0.4, 0.5) is 11.8 Å². The van der Waals surface area contributed by atoms with Crippen molar-refractivity contribution in [2.24, 2.45) is 5.92 Å². The highest BCUT2D eigenvalue weighted by molar-refractivity contribution is 7.21. The Morgan fingerprint density at radius 1 is 1.17 bits per heavy atom. The van der Waals surface area contributed by atoms with Crippen LogP contribution in [0.1, 0.15) is 38.3 Å². The molecule has 10 nitrogen and oxygen atoms in total. The van der Waals surface area contributed by atoms with Gasteiger partial charge in [-0.1, -0.05) is 0 Å². The van der Waals surface area contributed by atoms with Crippen molar-refractivity contribution >= 4 is 51.6 Å². The fourth-order valence-corrected chi connectivity index (χ4v) is 5.57. The number of aliphatic hydroxyl groups excluding tert-OH is 2. The first-order valence-electron chi connectivity index (χ1n) is 11.7. The zero-order valence-corrected chi connectivity index (χ0v) is 21.2. The molecule has 35 heavy (non-hydrogen) atoms. The molecule has 0 saturated heterocycles. The van der Waals surface area contributed by atoms with E-state index in [-0.39, 0.29) is 24.7 Å². The van der Waals surface area contributed by atoms with Crippen LogP contribution in [0.25, 0.3) is 20.8 Å². The molecule has 3 aromatic rings. The molecule has 2 aliphatic carbocycles. The highest BCUT2D eigenvalue weighted by Crippen LogP contribution is 2.38. The number of aliphatic hydroxyl groups is 2. The number of carbonyl (C=O) groups is 1. The van der Waals surface area contributed by atoms with Crippen molar-refractivity contribution in [1.82, 2.24) is 25.3 Å². The lowest BCUT2D eigenvalue weighted by molar-refractivity contribution is -0.128. The average molecular weight is 520 g/mol. The number of fused-ring (bicyclic) bond motifs is 1. The monoisotopic (exact) mass is 519 g/mol. The standard InChI is InChI=1S/C23H29N7O3S.ClH/c1-3-25-21(33)13-9-14(19(32)18(13)31)28-20-17(22-29-15-10-24-8-7-16(15)34-22)11(2)26-23(30-20)27-12-5-4-6-12;/h7-8,10,12-14,18-19,31-32H,3-6,9H2,1-2H3,(H,25,33)(H2,26,27,28,30);1H/t13-,14+,18+,19-;/m0./s1. The summed E-state index contributed by atoms with van der Waals surface area (Å²) in [6.45, 7) is 4.20. The number of nitrogens with zero attached hydrogens (tertiary/aromatic N) is 4. The third-order valence-electron chi connectivity index (χ3n) is 6.62. The number of halogens is 1. The molecule has 3 heterocycles. The smallest absolute Gasteiger partial charge is 0.225 e. The Morgan fingerprint density at radius 2 is 1.97 bits per heavy atom. The van der Waals surface area contributed by atoms with Gasteiger partial charge in [0.1, 0.15) is 22.4 Å². The first kappa shape index (κ1) is 25.5. The molecule has 0 aliphatic heterocycles. The Hall–Kier alpha value is -2.60. The number of carbonyl (C=O) groups excluding carboxylic acids is 1. The van der Waals surface area contributed by atoms with Crippen LogP contribution in [0, 0.1) is 12.8 Å². The maximum atomic E-state index is 12.4. The third kappa shape index (κ3) is 5.04. The Balaban J connectivity index is 0.00000289. The van der Waals surface area contributed by atoms with Crippen LogP contribution in [-0.4, -0.2) is 66.9 Å².